The SMILES string of the molecule is OPOC1=CCCc2ccccc21. The molecule has 0 amide bonds. The molecule has 0 heterocycles. The zero-order valence-electron chi connectivity index (χ0n) is 7.16. The van der Waals surface area contributed by atoms with Gasteiger partial charge in [-0.25, -0.2) is 0 Å². The molecule has 1 N–H and O–H groups in total. The lowest BCUT2D eigenvalue weighted by atomic mass is 9.96. The highest BCUT2D eigenvalue weighted by molar-refractivity contribution is 7.25. The summed E-state index contributed by atoms with van der Waals surface area (Å²) in [6.07, 6.45) is 4.10. The van der Waals surface area contributed by atoms with Crippen LogP contribution in [0, 0.1) is 0 Å². The van der Waals surface area contributed by atoms with E-state index in [1.54, 1.807) is 0 Å². The molecule has 2 rings (SSSR count). The first-order chi connectivity index (χ1) is 6.42. The molecule has 0 aliphatic heterocycles. The van der Waals surface area contributed by atoms with E-state index in [0.717, 1.165) is 24.2 Å². The maximum atomic E-state index is 8.71. The fourth-order valence-corrected chi connectivity index (χ4v) is 1.88. The van der Waals surface area contributed by atoms with Gasteiger partial charge in [0.2, 0.25) is 9.03 Å². The number of hydrogen-bond donors (Lipinski definition) is 1. The van der Waals surface area contributed by atoms with Crippen molar-refractivity contribution in [3.8, 4) is 0 Å². The van der Waals surface area contributed by atoms with E-state index >= 15 is 0 Å². The Balaban J connectivity index is 2.36. The molecule has 1 aromatic rings. The number of benzene rings is 1. The summed E-state index contributed by atoms with van der Waals surface area (Å²) in [5, 5.41) is 0. The van der Waals surface area contributed by atoms with Gasteiger partial charge in [0, 0.05) is 5.56 Å². The molecule has 0 radical (unpaired) electrons. The van der Waals surface area contributed by atoms with Crippen LogP contribution in [0.3, 0.4) is 0 Å². The minimum Gasteiger partial charge on any atom is -0.450 e. The van der Waals surface area contributed by atoms with Crippen LogP contribution in [0.2, 0.25) is 0 Å². The van der Waals surface area contributed by atoms with Gasteiger partial charge in [0.25, 0.3) is 0 Å². The zero-order chi connectivity index (χ0) is 9.10. The second kappa shape index (κ2) is 3.91. The average Bonchev–Trinajstić information content (AvgIpc) is 2.19. The van der Waals surface area contributed by atoms with E-state index in [1.165, 1.54) is 5.56 Å². The Morgan fingerprint density at radius 1 is 1.31 bits per heavy atom. The molecule has 13 heavy (non-hydrogen) atoms. The summed E-state index contributed by atoms with van der Waals surface area (Å²) in [5.74, 6) is 0.822. The van der Waals surface area contributed by atoms with Crippen LogP contribution in [0.1, 0.15) is 17.5 Å². The average molecular weight is 194 g/mol. The molecular weight excluding hydrogens is 183 g/mol. The molecule has 1 unspecified atom stereocenters. The van der Waals surface area contributed by atoms with Crippen molar-refractivity contribution >= 4 is 14.8 Å². The fourth-order valence-electron chi connectivity index (χ4n) is 1.59. The molecule has 3 heteroatoms. The van der Waals surface area contributed by atoms with Crippen LogP contribution >= 0.6 is 9.03 Å². The second-order valence-corrected chi connectivity index (χ2v) is 3.34. The van der Waals surface area contributed by atoms with E-state index in [1.807, 2.05) is 24.3 Å². The summed E-state index contributed by atoms with van der Waals surface area (Å²) in [5.41, 5.74) is 2.42. The smallest absolute Gasteiger partial charge is 0.212 e. The van der Waals surface area contributed by atoms with Gasteiger partial charge in [-0.1, -0.05) is 24.3 Å². The summed E-state index contributed by atoms with van der Waals surface area (Å²) < 4.78 is 5.15. The maximum absolute atomic E-state index is 8.71. The molecule has 2 nitrogen and oxygen atoms in total. The first-order valence-electron chi connectivity index (χ1n) is 4.26. The third kappa shape index (κ3) is 1.74. The van der Waals surface area contributed by atoms with Crippen LogP contribution in [0.15, 0.2) is 30.3 Å². The van der Waals surface area contributed by atoms with Crippen LogP contribution < -0.4 is 0 Å². The summed E-state index contributed by atoms with van der Waals surface area (Å²) in [4.78, 5) is 8.71. The molecular formula is C10H11O2P. The molecule has 0 bridgehead atoms. The van der Waals surface area contributed by atoms with Gasteiger partial charge in [0.05, 0.1) is 0 Å². The van der Waals surface area contributed by atoms with Crippen molar-refractivity contribution in [1.82, 2.24) is 0 Å². The Morgan fingerprint density at radius 3 is 3.00 bits per heavy atom. The normalized spacial score (nSPS) is 15.6. The highest BCUT2D eigenvalue weighted by Gasteiger charge is 2.12. The lowest BCUT2D eigenvalue weighted by Gasteiger charge is -2.16. The van der Waals surface area contributed by atoms with Crippen LogP contribution in [-0.4, -0.2) is 4.89 Å². The van der Waals surface area contributed by atoms with Crippen molar-refractivity contribution in [1.29, 1.82) is 0 Å². The largest absolute Gasteiger partial charge is 0.450 e. The van der Waals surface area contributed by atoms with E-state index in [4.69, 9.17) is 9.42 Å². The minimum atomic E-state index is -0.468. The van der Waals surface area contributed by atoms with Crippen molar-refractivity contribution < 1.29 is 9.42 Å². The Kier molecular flexibility index (Phi) is 2.62. The third-order valence-electron chi connectivity index (χ3n) is 2.18. The molecule has 1 aromatic carbocycles. The predicted molar refractivity (Wildman–Crippen MR) is 54.4 cm³/mol. The van der Waals surface area contributed by atoms with Gasteiger partial charge in [0.1, 0.15) is 5.76 Å². The molecule has 1 aliphatic carbocycles. The van der Waals surface area contributed by atoms with Crippen molar-refractivity contribution in [2.24, 2.45) is 0 Å². The summed E-state index contributed by atoms with van der Waals surface area (Å²) in [6.45, 7) is 0. The van der Waals surface area contributed by atoms with Crippen LogP contribution in [0.5, 0.6) is 0 Å². The summed E-state index contributed by atoms with van der Waals surface area (Å²) in [7, 11) is -0.468. The lowest BCUT2D eigenvalue weighted by molar-refractivity contribution is 0.484. The third-order valence-corrected chi connectivity index (χ3v) is 2.49. The monoisotopic (exact) mass is 194 g/mol. The van der Waals surface area contributed by atoms with Gasteiger partial charge in [-0.05, 0) is 24.5 Å². The van der Waals surface area contributed by atoms with E-state index < -0.39 is 9.03 Å². The Labute approximate surface area is 79.2 Å². The maximum Gasteiger partial charge on any atom is 0.212 e. The number of allylic oxidation sites excluding steroid dienone is 1. The minimum absolute atomic E-state index is 0.468. The first-order valence-corrected chi connectivity index (χ1v) is 5.12. The topological polar surface area (TPSA) is 29.5 Å². The van der Waals surface area contributed by atoms with Gasteiger partial charge in [-0.3, -0.25) is 0 Å². The van der Waals surface area contributed by atoms with E-state index in [0.29, 0.717) is 0 Å². The van der Waals surface area contributed by atoms with Crippen molar-refractivity contribution in [2.75, 3.05) is 0 Å². The predicted octanol–water partition coefficient (Wildman–Crippen LogP) is 2.49. The molecule has 0 saturated carbocycles. The number of aryl methyl sites for hydroxylation is 1. The van der Waals surface area contributed by atoms with Gasteiger partial charge in [-0.2, -0.15) is 0 Å². The molecule has 0 fully saturated rings. The van der Waals surface area contributed by atoms with Crippen LogP contribution in [0.4, 0.5) is 0 Å². The lowest BCUT2D eigenvalue weighted by Crippen LogP contribution is -1.99. The van der Waals surface area contributed by atoms with Crippen LogP contribution in [0.25, 0.3) is 5.76 Å². The second-order valence-electron chi connectivity index (χ2n) is 2.96. The van der Waals surface area contributed by atoms with Gasteiger partial charge in [-0.15, -0.1) is 0 Å². The quantitative estimate of drug-likeness (QED) is 0.733. The first kappa shape index (κ1) is 8.74. The molecule has 0 saturated heterocycles. The van der Waals surface area contributed by atoms with Crippen molar-refractivity contribution in [3.63, 3.8) is 0 Å². The highest BCUT2D eigenvalue weighted by atomic mass is 31.1. The molecule has 1 atom stereocenters. The van der Waals surface area contributed by atoms with Gasteiger partial charge >= 0.3 is 0 Å². The molecule has 68 valence electrons. The van der Waals surface area contributed by atoms with Crippen LogP contribution in [-0.2, 0) is 10.9 Å². The Bertz CT molecular complexity index is 333. The van der Waals surface area contributed by atoms with E-state index in [2.05, 4.69) is 6.07 Å². The van der Waals surface area contributed by atoms with Crippen molar-refractivity contribution in [3.05, 3.63) is 41.5 Å². The highest BCUT2D eigenvalue weighted by Crippen LogP contribution is 2.30. The van der Waals surface area contributed by atoms with Gasteiger partial charge in [0.15, 0.2) is 0 Å². The van der Waals surface area contributed by atoms with E-state index in [9.17, 15) is 0 Å². The Morgan fingerprint density at radius 2 is 2.15 bits per heavy atom. The number of rotatable bonds is 2. The molecule has 0 spiro atoms. The molecule has 1 aliphatic rings. The van der Waals surface area contributed by atoms with Gasteiger partial charge < -0.3 is 9.42 Å². The summed E-state index contributed by atoms with van der Waals surface area (Å²) in [6, 6.07) is 8.15. The van der Waals surface area contributed by atoms with Crippen molar-refractivity contribution in [2.45, 2.75) is 12.8 Å². The number of fused-ring (bicyclic) bond motifs is 1. The van der Waals surface area contributed by atoms with E-state index in [-0.39, 0.29) is 0 Å². The Hall–Kier alpha value is -0.850. The fraction of sp³-hybridized carbons (Fsp3) is 0.200. The summed E-state index contributed by atoms with van der Waals surface area (Å²) >= 11 is 0. The zero-order valence-corrected chi connectivity index (χ0v) is 8.16. The standard InChI is InChI=1S/C10H11O2P/c11-13-12-10-7-3-5-8-4-1-2-6-9(8)10/h1-2,4,6-7,11,13H,3,5H2. The molecule has 0 aromatic heterocycles. The number of hydrogen-bond acceptors (Lipinski definition) is 2.